The Balaban J connectivity index is 1.87. The molecular formula is C22H23N3O. The second-order valence-corrected chi connectivity index (χ2v) is 8.11. The molecule has 0 atom stereocenters. The Morgan fingerprint density at radius 1 is 0.962 bits per heavy atom. The molecule has 0 unspecified atom stereocenters. The highest BCUT2D eigenvalue weighted by atomic mass is 16.1. The van der Waals surface area contributed by atoms with E-state index in [1.165, 1.54) is 0 Å². The lowest BCUT2D eigenvalue weighted by atomic mass is 9.97. The lowest BCUT2D eigenvalue weighted by Gasteiger charge is -2.18. The van der Waals surface area contributed by atoms with Crippen molar-refractivity contribution in [3.05, 3.63) is 65.2 Å². The normalized spacial score (nSPS) is 12.2. The van der Waals surface area contributed by atoms with Gasteiger partial charge in [0.2, 0.25) is 0 Å². The van der Waals surface area contributed by atoms with Gasteiger partial charge in [-0.3, -0.25) is 14.1 Å². The first-order valence-electron chi connectivity index (χ1n) is 8.88. The first kappa shape index (κ1) is 16.6. The van der Waals surface area contributed by atoms with Gasteiger partial charge in [0.15, 0.2) is 0 Å². The van der Waals surface area contributed by atoms with E-state index < -0.39 is 0 Å². The number of aromatic nitrogens is 3. The number of aryl methyl sites for hydroxylation is 1. The van der Waals surface area contributed by atoms with Gasteiger partial charge in [-0.1, -0.05) is 45.0 Å². The van der Waals surface area contributed by atoms with Crippen LogP contribution in [-0.2, 0) is 13.6 Å². The van der Waals surface area contributed by atoms with Crippen molar-refractivity contribution in [3.63, 3.8) is 0 Å². The highest BCUT2D eigenvalue weighted by molar-refractivity contribution is 5.87. The molecule has 0 radical (unpaired) electrons. The van der Waals surface area contributed by atoms with Gasteiger partial charge in [0.05, 0.1) is 16.6 Å². The summed E-state index contributed by atoms with van der Waals surface area (Å²) in [5, 5.41) is 1.12. The zero-order chi connectivity index (χ0) is 18.5. The average Bonchev–Trinajstić information content (AvgIpc) is 2.84. The fourth-order valence-corrected chi connectivity index (χ4v) is 3.44. The molecule has 4 nitrogen and oxygen atoms in total. The molecule has 2 heterocycles. The monoisotopic (exact) mass is 345 g/mol. The molecule has 0 aliphatic carbocycles. The van der Waals surface area contributed by atoms with Crippen molar-refractivity contribution in [2.45, 2.75) is 27.3 Å². The molecule has 0 bridgehead atoms. The minimum absolute atomic E-state index is 0.0312. The van der Waals surface area contributed by atoms with Crippen LogP contribution in [0.3, 0.4) is 0 Å². The number of fused-ring (bicyclic) bond motifs is 2. The molecule has 2 aromatic heterocycles. The molecule has 0 aliphatic heterocycles. The SMILES string of the molecule is Cn1c(=O)n(CC(C)(C)C)c2ccc(-c3cnc4ccccc4c3)cc21. The van der Waals surface area contributed by atoms with Crippen molar-refractivity contribution in [2.24, 2.45) is 12.5 Å². The Kier molecular flexibility index (Phi) is 3.72. The number of hydrogen-bond acceptors (Lipinski definition) is 2. The molecule has 4 heteroatoms. The second-order valence-electron chi connectivity index (χ2n) is 8.11. The minimum atomic E-state index is 0.0312. The van der Waals surface area contributed by atoms with Crippen LogP contribution in [0.15, 0.2) is 59.5 Å². The number of nitrogens with zero attached hydrogens (tertiary/aromatic N) is 3. The quantitative estimate of drug-likeness (QED) is 0.532. The Labute approximate surface area is 152 Å². The molecule has 0 fully saturated rings. The molecule has 4 aromatic rings. The zero-order valence-corrected chi connectivity index (χ0v) is 15.7. The zero-order valence-electron chi connectivity index (χ0n) is 15.7. The van der Waals surface area contributed by atoms with E-state index in [0.29, 0.717) is 6.54 Å². The lowest BCUT2D eigenvalue weighted by molar-refractivity contribution is 0.342. The number of rotatable bonds is 2. The van der Waals surface area contributed by atoms with Crippen molar-refractivity contribution >= 4 is 21.9 Å². The van der Waals surface area contributed by atoms with Crippen LogP contribution in [0.5, 0.6) is 0 Å². The standard InChI is InChI=1S/C22H23N3O/c1-22(2,3)14-25-19-10-9-15(12-20(19)24(4)21(25)26)17-11-16-7-5-6-8-18(16)23-13-17/h5-13H,14H2,1-4H3. The van der Waals surface area contributed by atoms with Gasteiger partial charge in [0, 0.05) is 30.7 Å². The first-order valence-corrected chi connectivity index (χ1v) is 8.88. The largest absolute Gasteiger partial charge is 0.328 e. The minimum Gasteiger partial charge on any atom is -0.295 e. The fraction of sp³-hybridized carbons (Fsp3) is 0.273. The Morgan fingerprint density at radius 2 is 1.73 bits per heavy atom. The van der Waals surface area contributed by atoms with E-state index in [0.717, 1.165) is 33.1 Å². The number of para-hydroxylation sites is 1. The Hall–Kier alpha value is -2.88. The topological polar surface area (TPSA) is 39.8 Å². The van der Waals surface area contributed by atoms with Gasteiger partial charge in [0.25, 0.3) is 0 Å². The molecule has 0 amide bonds. The third-order valence-electron chi connectivity index (χ3n) is 4.70. The summed E-state index contributed by atoms with van der Waals surface area (Å²) in [7, 11) is 1.84. The van der Waals surface area contributed by atoms with Crippen LogP contribution < -0.4 is 5.69 Å². The third kappa shape index (κ3) is 2.81. The summed E-state index contributed by atoms with van der Waals surface area (Å²) in [6, 6.07) is 16.5. The predicted octanol–water partition coefficient (Wildman–Crippen LogP) is 4.60. The summed E-state index contributed by atoms with van der Waals surface area (Å²) in [5.41, 5.74) is 5.11. The number of hydrogen-bond donors (Lipinski definition) is 0. The summed E-state index contributed by atoms with van der Waals surface area (Å²) in [6.45, 7) is 7.13. The van der Waals surface area contributed by atoms with Crippen molar-refractivity contribution in [1.82, 2.24) is 14.1 Å². The van der Waals surface area contributed by atoms with Crippen molar-refractivity contribution < 1.29 is 0 Å². The molecule has 0 aliphatic rings. The van der Waals surface area contributed by atoms with Crippen LogP contribution in [-0.4, -0.2) is 14.1 Å². The summed E-state index contributed by atoms with van der Waals surface area (Å²) in [5.74, 6) is 0. The van der Waals surface area contributed by atoms with Gasteiger partial charge in [0.1, 0.15) is 0 Å². The molecule has 4 rings (SSSR count). The van der Waals surface area contributed by atoms with E-state index in [2.05, 4.69) is 50.0 Å². The van der Waals surface area contributed by atoms with E-state index in [4.69, 9.17) is 0 Å². The van der Waals surface area contributed by atoms with Crippen molar-refractivity contribution in [3.8, 4) is 11.1 Å². The van der Waals surface area contributed by atoms with E-state index in [9.17, 15) is 4.79 Å². The van der Waals surface area contributed by atoms with Gasteiger partial charge in [-0.15, -0.1) is 0 Å². The van der Waals surface area contributed by atoms with E-state index >= 15 is 0 Å². The second kappa shape index (κ2) is 5.84. The molecular weight excluding hydrogens is 322 g/mol. The van der Waals surface area contributed by atoms with Crippen LogP contribution >= 0.6 is 0 Å². The van der Waals surface area contributed by atoms with Crippen LogP contribution in [0.2, 0.25) is 0 Å². The third-order valence-corrected chi connectivity index (χ3v) is 4.70. The van der Waals surface area contributed by atoms with Crippen molar-refractivity contribution in [2.75, 3.05) is 0 Å². The van der Waals surface area contributed by atoms with Crippen LogP contribution in [0.25, 0.3) is 33.1 Å². The number of imidazole rings is 1. The van der Waals surface area contributed by atoms with Gasteiger partial charge in [-0.25, -0.2) is 4.79 Å². The maximum absolute atomic E-state index is 12.7. The van der Waals surface area contributed by atoms with E-state index in [1.807, 2.05) is 42.1 Å². The average molecular weight is 345 g/mol. The van der Waals surface area contributed by atoms with Crippen LogP contribution in [0.1, 0.15) is 20.8 Å². The summed E-state index contributed by atoms with van der Waals surface area (Å²) < 4.78 is 3.61. The first-order chi connectivity index (χ1) is 12.3. The van der Waals surface area contributed by atoms with Crippen LogP contribution in [0.4, 0.5) is 0 Å². The molecule has 0 saturated heterocycles. The fourth-order valence-electron chi connectivity index (χ4n) is 3.44. The molecule has 2 aromatic carbocycles. The Morgan fingerprint density at radius 3 is 2.50 bits per heavy atom. The number of pyridine rings is 1. The molecule has 0 N–H and O–H groups in total. The summed E-state index contributed by atoms with van der Waals surface area (Å²) in [6.07, 6.45) is 1.90. The van der Waals surface area contributed by atoms with Gasteiger partial charge in [-0.2, -0.15) is 0 Å². The van der Waals surface area contributed by atoms with E-state index in [-0.39, 0.29) is 11.1 Å². The van der Waals surface area contributed by atoms with Crippen LogP contribution in [0, 0.1) is 5.41 Å². The van der Waals surface area contributed by atoms with Gasteiger partial charge >= 0.3 is 5.69 Å². The molecule has 0 saturated carbocycles. The Bertz CT molecular complexity index is 1180. The summed E-state index contributed by atoms with van der Waals surface area (Å²) >= 11 is 0. The lowest BCUT2D eigenvalue weighted by Crippen LogP contribution is -2.27. The molecule has 0 spiro atoms. The number of benzene rings is 2. The predicted molar refractivity (Wildman–Crippen MR) is 107 cm³/mol. The smallest absolute Gasteiger partial charge is 0.295 e. The van der Waals surface area contributed by atoms with Gasteiger partial charge in [-0.05, 0) is 35.2 Å². The van der Waals surface area contributed by atoms with Gasteiger partial charge < -0.3 is 0 Å². The van der Waals surface area contributed by atoms with E-state index in [1.54, 1.807) is 4.57 Å². The molecule has 26 heavy (non-hydrogen) atoms. The maximum atomic E-state index is 12.7. The van der Waals surface area contributed by atoms with Crippen molar-refractivity contribution in [1.29, 1.82) is 0 Å². The summed E-state index contributed by atoms with van der Waals surface area (Å²) in [4.78, 5) is 17.3. The maximum Gasteiger partial charge on any atom is 0.328 e. The highest BCUT2D eigenvalue weighted by Gasteiger charge is 2.18. The molecule has 132 valence electrons. The highest BCUT2D eigenvalue weighted by Crippen LogP contribution is 2.27.